The largest absolute Gasteiger partial charge is 0.497 e. The third kappa shape index (κ3) is 9.80. The highest BCUT2D eigenvalue weighted by atomic mass is 127. The van der Waals surface area contributed by atoms with E-state index < -0.39 is 0 Å². The third-order valence-electron chi connectivity index (χ3n) is 2.85. The van der Waals surface area contributed by atoms with E-state index in [2.05, 4.69) is 28.8 Å². The lowest BCUT2D eigenvalue weighted by molar-refractivity contribution is 0.230. The Morgan fingerprint density at radius 1 is 1.22 bits per heavy atom. The predicted molar refractivity (Wildman–Crippen MR) is 111 cm³/mol. The second-order valence-corrected chi connectivity index (χ2v) is 5.73. The topological polar surface area (TPSA) is 54.9 Å². The summed E-state index contributed by atoms with van der Waals surface area (Å²) in [5.74, 6) is 3.54. The molecule has 0 aliphatic heterocycles. The molecule has 0 aliphatic rings. The molecule has 1 aromatic carbocycles. The van der Waals surface area contributed by atoms with Crippen molar-refractivity contribution < 1.29 is 9.47 Å². The molecule has 0 amide bonds. The molecule has 0 bridgehead atoms. The van der Waals surface area contributed by atoms with Crippen LogP contribution in [-0.2, 0) is 0 Å². The maximum atomic E-state index is 5.85. The van der Waals surface area contributed by atoms with Crippen molar-refractivity contribution in [3.63, 3.8) is 0 Å². The van der Waals surface area contributed by atoms with E-state index in [0.717, 1.165) is 36.3 Å². The zero-order chi connectivity index (χ0) is 16.2. The van der Waals surface area contributed by atoms with Crippen LogP contribution in [-0.4, -0.2) is 50.8 Å². The van der Waals surface area contributed by atoms with E-state index in [1.165, 1.54) is 0 Å². The highest BCUT2D eigenvalue weighted by molar-refractivity contribution is 14.0. The van der Waals surface area contributed by atoms with Gasteiger partial charge in [-0.1, -0.05) is 0 Å². The van der Waals surface area contributed by atoms with E-state index in [0.29, 0.717) is 6.54 Å². The minimum Gasteiger partial charge on any atom is -0.497 e. The summed E-state index contributed by atoms with van der Waals surface area (Å²) >= 11 is 1.81. The first-order valence-corrected chi connectivity index (χ1v) is 8.90. The number of rotatable bonds is 9. The summed E-state index contributed by atoms with van der Waals surface area (Å²) in [4.78, 5) is 4.55. The molecule has 0 heterocycles. The average Bonchev–Trinajstić information content (AvgIpc) is 2.53. The van der Waals surface area contributed by atoms with Gasteiger partial charge in [-0.15, -0.1) is 24.0 Å². The Labute approximate surface area is 161 Å². The zero-order valence-corrected chi connectivity index (χ0v) is 17.4. The standard InChI is InChI=1S/C16H27N3O2S.HI/c1-5-17-16(18-10-11-22-4)19-12-13(2)21-15-8-6-14(20-3)7-9-15;/h6-9,13H,5,10-12H2,1-4H3,(H2,17,18,19);1H. The number of methoxy groups -OCH3 is 1. The Morgan fingerprint density at radius 3 is 2.43 bits per heavy atom. The normalized spacial score (nSPS) is 12.1. The summed E-state index contributed by atoms with van der Waals surface area (Å²) in [5, 5.41) is 6.54. The van der Waals surface area contributed by atoms with Gasteiger partial charge >= 0.3 is 0 Å². The van der Waals surface area contributed by atoms with Crippen molar-refractivity contribution in [3.05, 3.63) is 24.3 Å². The second-order valence-electron chi connectivity index (χ2n) is 4.74. The van der Waals surface area contributed by atoms with Gasteiger partial charge in [-0.25, -0.2) is 4.99 Å². The molecule has 1 aromatic rings. The molecule has 2 N–H and O–H groups in total. The molecule has 0 saturated carbocycles. The van der Waals surface area contributed by atoms with Crippen molar-refractivity contribution >= 4 is 41.7 Å². The van der Waals surface area contributed by atoms with Gasteiger partial charge in [-0.2, -0.15) is 11.8 Å². The van der Waals surface area contributed by atoms with Crippen LogP contribution in [0, 0.1) is 0 Å². The van der Waals surface area contributed by atoms with E-state index in [1.54, 1.807) is 7.11 Å². The predicted octanol–water partition coefficient (Wildman–Crippen LogP) is 3.00. The molecule has 23 heavy (non-hydrogen) atoms. The number of halogens is 1. The fourth-order valence-corrected chi connectivity index (χ4v) is 2.06. The van der Waals surface area contributed by atoms with E-state index in [4.69, 9.17) is 9.47 Å². The van der Waals surface area contributed by atoms with Crippen molar-refractivity contribution in [1.29, 1.82) is 0 Å². The highest BCUT2D eigenvalue weighted by Crippen LogP contribution is 2.18. The molecule has 1 atom stereocenters. The zero-order valence-electron chi connectivity index (χ0n) is 14.3. The Hall–Kier alpha value is -0.830. The lowest BCUT2D eigenvalue weighted by Crippen LogP contribution is -2.39. The van der Waals surface area contributed by atoms with Crippen molar-refractivity contribution in [2.24, 2.45) is 4.99 Å². The average molecular weight is 453 g/mol. The van der Waals surface area contributed by atoms with Crippen LogP contribution in [0.2, 0.25) is 0 Å². The van der Waals surface area contributed by atoms with Crippen LogP contribution in [0.1, 0.15) is 13.8 Å². The van der Waals surface area contributed by atoms with Crippen molar-refractivity contribution in [3.8, 4) is 11.5 Å². The maximum Gasteiger partial charge on any atom is 0.191 e. The number of hydrogen-bond acceptors (Lipinski definition) is 4. The van der Waals surface area contributed by atoms with Crippen molar-refractivity contribution in [2.75, 3.05) is 38.8 Å². The first-order chi connectivity index (χ1) is 10.7. The van der Waals surface area contributed by atoms with Gasteiger partial charge in [0.05, 0.1) is 13.7 Å². The van der Waals surface area contributed by atoms with Crippen molar-refractivity contribution in [1.82, 2.24) is 10.6 Å². The molecule has 0 radical (unpaired) electrons. The number of aliphatic imine (C=N–C) groups is 1. The van der Waals surface area contributed by atoms with Crippen LogP contribution >= 0.6 is 35.7 Å². The molecule has 0 saturated heterocycles. The van der Waals surface area contributed by atoms with Gasteiger partial charge in [0, 0.05) is 18.8 Å². The van der Waals surface area contributed by atoms with Crippen LogP contribution in [0.15, 0.2) is 29.3 Å². The number of nitrogens with one attached hydrogen (secondary N) is 2. The Bertz CT molecular complexity index is 443. The van der Waals surface area contributed by atoms with E-state index >= 15 is 0 Å². The first kappa shape index (κ1) is 22.2. The Balaban J connectivity index is 0.00000484. The van der Waals surface area contributed by atoms with Gasteiger partial charge in [0.25, 0.3) is 0 Å². The minimum atomic E-state index is 0. The molecular formula is C16H28IN3O2S. The maximum absolute atomic E-state index is 5.85. The molecule has 132 valence electrons. The summed E-state index contributed by atoms with van der Waals surface area (Å²) in [5.41, 5.74) is 0. The summed E-state index contributed by atoms with van der Waals surface area (Å²) in [6.45, 7) is 6.42. The summed E-state index contributed by atoms with van der Waals surface area (Å²) in [6.07, 6.45) is 2.10. The molecule has 0 aromatic heterocycles. The van der Waals surface area contributed by atoms with Gasteiger partial charge in [0.2, 0.25) is 0 Å². The van der Waals surface area contributed by atoms with Crippen LogP contribution in [0.25, 0.3) is 0 Å². The van der Waals surface area contributed by atoms with Gasteiger partial charge < -0.3 is 20.1 Å². The summed E-state index contributed by atoms with van der Waals surface area (Å²) in [6, 6.07) is 7.58. The number of hydrogen-bond donors (Lipinski definition) is 2. The molecule has 0 fully saturated rings. The van der Waals surface area contributed by atoms with Gasteiger partial charge in [-0.05, 0) is 44.4 Å². The molecular weight excluding hydrogens is 425 g/mol. The van der Waals surface area contributed by atoms with Gasteiger partial charge in [0.1, 0.15) is 17.6 Å². The van der Waals surface area contributed by atoms with Crippen LogP contribution in [0.3, 0.4) is 0 Å². The monoisotopic (exact) mass is 453 g/mol. The minimum absolute atomic E-state index is 0. The van der Waals surface area contributed by atoms with Crippen molar-refractivity contribution in [2.45, 2.75) is 20.0 Å². The van der Waals surface area contributed by atoms with Gasteiger partial charge in [-0.3, -0.25) is 0 Å². The number of guanidine groups is 1. The number of thioether (sulfide) groups is 1. The van der Waals surface area contributed by atoms with Crippen LogP contribution in [0.4, 0.5) is 0 Å². The molecule has 0 aliphatic carbocycles. The highest BCUT2D eigenvalue weighted by Gasteiger charge is 2.05. The Kier molecular flexibility index (Phi) is 13.1. The third-order valence-corrected chi connectivity index (χ3v) is 3.46. The fourth-order valence-electron chi connectivity index (χ4n) is 1.76. The lowest BCUT2D eigenvalue weighted by Gasteiger charge is -2.15. The van der Waals surface area contributed by atoms with Crippen LogP contribution < -0.4 is 20.1 Å². The number of benzene rings is 1. The first-order valence-electron chi connectivity index (χ1n) is 7.51. The SMILES string of the molecule is CCNC(=NCC(C)Oc1ccc(OC)cc1)NCCSC.I. The second kappa shape index (κ2) is 13.6. The molecule has 7 heteroatoms. The molecule has 1 unspecified atom stereocenters. The summed E-state index contributed by atoms with van der Waals surface area (Å²) < 4.78 is 11.0. The quantitative estimate of drug-likeness (QED) is 0.261. The molecule has 0 spiro atoms. The molecule has 1 rings (SSSR count). The van der Waals surface area contributed by atoms with E-state index in [1.807, 2.05) is 43.0 Å². The summed E-state index contributed by atoms with van der Waals surface area (Å²) in [7, 11) is 1.65. The number of ether oxygens (including phenoxy) is 2. The van der Waals surface area contributed by atoms with E-state index in [-0.39, 0.29) is 30.1 Å². The Morgan fingerprint density at radius 2 is 1.87 bits per heavy atom. The number of nitrogens with zero attached hydrogens (tertiary/aromatic N) is 1. The smallest absolute Gasteiger partial charge is 0.191 e. The van der Waals surface area contributed by atoms with Crippen LogP contribution in [0.5, 0.6) is 11.5 Å². The lowest BCUT2D eigenvalue weighted by atomic mass is 10.3. The molecule has 5 nitrogen and oxygen atoms in total. The van der Waals surface area contributed by atoms with E-state index in [9.17, 15) is 0 Å². The van der Waals surface area contributed by atoms with Gasteiger partial charge in [0.15, 0.2) is 5.96 Å². The fraction of sp³-hybridized carbons (Fsp3) is 0.562.